The van der Waals surface area contributed by atoms with Crippen molar-refractivity contribution in [3.8, 4) is 17.2 Å². The number of esters is 2. The van der Waals surface area contributed by atoms with Crippen LogP contribution in [0.4, 0.5) is 0 Å². The number of carbonyl (C=O) groups excluding carboxylic acids is 2. The Labute approximate surface area is 170 Å². The van der Waals surface area contributed by atoms with Gasteiger partial charge >= 0.3 is 11.9 Å². The molecule has 6 nitrogen and oxygen atoms in total. The third kappa shape index (κ3) is 3.94. The van der Waals surface area contributed by atoms with Crippen LogP contribution in [0.15, 0.2) is 24.3 Å². The van der Waals surface area contributed by atoms with Gasteiger partial charge in [0.25, 0.3) is 0 Å². The molecule has 0 atom stereocenters. The fourth-order valence-corrected chi connectivity index (χ4v) is 4.10. The van der Waals surface area contributed by atoms with Crippen LogP contribution in [0.2, 0.25) is 0 Å². The molecule has 2 aromatic carbocycles. The first-order valence-corrected chi connectivity index (χ1v) is 10.2. The summed E-state index contributed by atoms with van der Waals surface area (Å²) in [7, 11) is 0. The van der Waals surface area contributed by atoms with E-state index in [2.05, 4.69) is 5.32 Å². The smallest absolute Gasteiger partial charge is 0.314 e. The zero-order chi connectivity index (χ0) is 20.6. The van der Waals surface area contributed by atoms with Crippen LogP contribution in [0, 0.1) is 5.92 Å². The molecule has 0 aliphatic carbocycles. The van der Waals surface area contributed by atoms with E-state index in [1.807, 2.05) is 38.1 Å². The standard InChI is InChI=1S/C23H27NO5/c1-14(25)27-21-18-8-11-23(2,3)29-19(18)16-6-4-5-7-17(16)20(21)28-22(26)15-9-12-24-13-10-15/h4-7,15,24H,8-13H2,1-3H3. The molecule has 29 heavy (non-hydrogen) atoms. The zero-order valence-electron chi connectivity index (χ0n) is 17.2. The Hall–Kier alpha value is -2.60. The largest absolute Gasteiger partial charge is 0.487 e. The van der Waals surface area contributed by atoms with Gasteiger partial charge in [0.15, 0.2) is 11.5 Å². The van der Waals surface area contributed by atoms with Gasteiger partial charge in [0.05, 0.1) is 5.92 Å². The molecule has 0 bridgehead atoms. The molecular weight excluding hydrogens is 370 g/mol. The highest BCUT2D eigenvalue weighted by Gasteiger charge is 2.34. The van der Waals surface area contributed by atoms with Gasteiger partial charge in [-0.3, -0.25) is 9.59 Å². The van der Waals surface area contributed by atoms with Crippen molar-refractivity contribution in [1.29, 1.82) is 0 Å². The Bertz CT molecular complexity index is 959. The zero-order valence-corrected chi connectivity index (χ0v) is 17.2. The van der Waals surface area contributed by atoms with Crippen molar-refractivity contribution in [1.82, 2.24) is 5.32 Å². The molecule has 0 spiro atoms. The molecule has 1 N–H and O–H groups in total. The highest BCUT2D eigenvalue weighted by molar-refractivity contribution is 5.99. The number of fused-ring (bicyclic) bond motifs is 3. The van der Waals surface area contributed by atoms with Gasteiger partial charge in [0, 0.05) is 23.3 Å². The normalized spacial score (nSPS) is 18.6. The number of piperidine rings is 1. The number of rotatable bonds is 3. The summed E-state index contributed by atoms with van der Waals surface area (Å²) in [6, 6.07) is 7.63. The number of carbonyl (C=O) groups is 2. The van der Waals surface area contributed by atoms with Gasteiger partial charge in [-0.25, -0.2) is 0 Å². The predicted octanol–water partition coefficient (Wildman–Crippen LogP) is 3.77. The second-order valence-corrected chi connectivity index (χ2v) is 8.41. The quantitative estimate of drug-likeness (QED) is 0.628. The number of nitrogens with one attached hydrogen (secondary N) is 1. The molecule has 2 aromatic rings. The fraction of sp³-hybridized carbons (Fsp3) is 0.478. The summed E-state index contributed by atoms with van der Waals surface area (Å²) in [5.74, 6) is 0.445. The SMILES string of the molecule is CC(=O)Oc1c2c(c3ccccc3c1OC(=O)C1CCNCC1)OC(C)(C)CC2. The van der Waals surface area contributed by atoms with Crippen molar-refractivity contribution in [2.75, 3.05) is 13.1 Å². The summed E-state index contributed by atoms with van der Waals surface area (Å²) in [4.78, 5) is 24.8. The van der Waals surface area contributed by atoms with Crippen LogP contribution >= 0.6 is 0 Å². The number of hydrogen-bond donors (Lipinski definition) is 1. The summed E-state index contributed by atoms with van der Waals surface area (Å²) in [5, 5.41) is 4.83. The average molecular weight is 397 g/mol. The van der Waals surface area contributed by atoms with E-state index in [-0.39, 0.29) is 17.5 Å². The van der Waals surface area contributed by atoms with E-state index in [0.29, 0.717) is 29.1 Å². The Morgan fingerprint density at radius 3 is 2.45 bits per heavy atom. The van der Waals surface area contributed by atoms with E-state index in [4.69, 9.17) is 14.2 Å². The molecule has 4 rings (SSSR count). The van der Waals surface area contributed by atoms with E-state index in [1.54, 1.807) is 0 Å². The van der Waals surface area contributed by atoms with Crippen LogP contribution in [0.1, 0.15) is 45.6 Å². The Morgan fingerprint density at radius 1 is 1.07 bits per heavy atom. The molecule has 0 radical (unpaired) electrons. The highest BCUT2D eigenvalue weighted by Crippen LogP contribution is 2.50. The lowest BCUT2D eigenvalue weighted by molar-refractivity contribution is -0.140. The topological polar surface area (TPSA) is 73.9 Å². The van der Waals surface area contributed by atoms with Gasteiger partial charge in [-0.1, -0.05) is 24.3 Å². The molecule has 6 heteroatoms. The molecule has 0 saturated carbocycles. The van der Waals surface area contributed by atoms with Crippen molar-refractivity contribution < 1.29 is 23.8 Å². The van der Waals surface area contributed by atoms with Gasteiger partial charge in [-0.2, -0.15) is 0 Å². The molecule has 0 aromatic heterocycles. The molecule has 2 aliphatic rings. The van der Waals surface area contributed by atoms with Gasteiger partial charge in [-0.15, -0.1) is 0 Å². The lowest BCUT2D eigenvalue weighted by atomic mass is 9.91. The summed E-state index contributed by atoms with van der Waals surface area (Å²) in [6.07, 6.45) is 2.92. The minimum Gasteiger partial charge on any atom is -0.487 e. The average Bonchev–Trinajstić information content (AvgIpc) is 2.70. The summed E-state index contributed by atoms with van der Waals surface area (Å²) in [5.41, 5.74) is 0.461. The maximum atomic E-state index is 12.9. The van der Waals surface area contributed by atoms with E-state index in [1.165, 1.54) is 6.92 Å². The van der Waals surface area contributed by atoms with Crippen LogP contribution < -0.4 is 19.5 Å². The van der Waals surface area contributed by atoms with Crippen molar-refractivity contribution >= 4 is 22.7 Å². The first-order valence-electron chi connectivity index (χ1n) is 10.2. The third-order valence-electron chi connectivity index (χ3n) is 5.65. The first kappa shape index (κ1) is 19.7. The molecule has 1 fully saturated rings. The van der Waals surface area contributed by atoms with Crippen molar-refractivity contribution in [2.24, 2.45) is 5.92 Å². The predicted molar refractivity (Wildman–Crippen MR) is 110 cm³/mol. The van der Waals surface area contributed by atoms with Crippen LogP contribution in [0.3, 0.4) is 0 Å². The maximum absolute atomic E-state index is 12.9. The number of benzene rings is 2. The third-order valence-corrected chi connectivity index (χ3v) is 5.65. The lowest BCUT2D eigenvalue weighted by Crippen LogP contribution is -2.34. The minimum atomic E-state index is -0.452. The Balaban J connectivity index is 1.86. The van der Waals surface area contributed by atoms with E-state index in [0.717, 1.165) is 43.3 Å². The van der Waals surface area contributed by atoms with Gasteiger partial charge in [0.2, 0.25) is 0 Å². The van der Waals surface area contributed by atoms with Gasteiger partial charge in [0.1, 0.15) is 11.4 Å². The Morgan fingerprint density at radius 2 is 1.76 bits per heavy atom. The molecule has 154 valence electrons. The summed E-state index contributed by atoms with van der Waals surface area (Å²) in [6.45, 7) is 7.03. The first-order chi connectivity index (χ1) is 13.9. The van der Waals surface area contributed by atoms with E-state index >= 15 is 0 Å². The van der Waals surface area contributed by atoms with E-state index in [9.17, 15) is 9.59 Å². The maximum Gasteiger partial charge on any atom is 0.314 e. The molecule has 2 aliphatic heterocycles. The van der Waals surface area contributed by atoms with Crippen LogP contribution in [0.25, 0.3) is 10.8 Å². The van der Waals surface area contributed by atoms with Crippen molar-refractivity contribution in [3.63, 3.8) is 0 Å². The lowest BCUT2D eigenvalue weighted by Gasteiger charge is -2.34. The molecule has 1 saturated heterocycles. The Kier molecular flexibility index (Phi) is 5.21. The number of hydrogen-bond acceptors (Lipinski definition) is 6. The van der Waals surface area contributed by atoms with E-state index < -0.39 is 5.97 Å². The molecule has 0 unspecified atom stereocenters. The second-order valence-electron chi connectivity index (χ2n) is 8.41. The monoisotopic (exact) mass is 397 g/mol. The van der Waals surface area contributed by atoms with Crippen molar-refractivity contribution in [2.45, 2.75) is 52.1 Å². The van der Waals surface area contributed by atoms with Crippen LogP contribution in [-0.4, -0.2) is 30.6 Å². The van der Waals surface area contributed by atoms with Crippen molar-refractivity contribution in [3.05, 3.63) is 29.8 Å². The highest BCUT2D eigenvalue weighted by atomic mass is 16.6. The fourth-order valence-electron chi connectivity index (χ4n) is 4.10. The van der Waals surface area contributed by atoms with Gasteiger partial charge < -0.3 is 19.5 Å². The molecule has 2 heterocycles. The van der Waals surface area contributed by atoms with Gasteiger partial charge in [-0.05, 0) is 52.6 Å². The molecular formula is C23H27NO5. The number of ether oxygens (including phenoxy) is 3. The summed E-state index contributed by atoms with van der Waals surface area (Å²) < 4.78 is 17.8. The van der Waals surface area contributed by atoms with Crippen LogP contribution in [0.5, 0.6) is 17.2 Å². The summed E-state index contributed by atoms with van der Waals surface area (Å²) >= 11 is 0. The minimum absolute atomic E-state index is 0.161. The second kappa shape index (κ2) is 7.67. The van der Waals surface area contributed by atoms with Crippen LogP contribution in [-0.2, 0) is 16.0 Å². The molecule has 0 amide bonds.